The van der Waals surface area contributed by atoms with Gasteiger partial charge in [0.2, 0.25) is 5.91 Å². The number of rotatable bonds is 8. The summed E-state index contributed by atoms with van der Waals surface area (Å²) >= 11 is 0. The van der Waals surface area contributed by atoms with Gasteiger partial charge in [0.25, 0.3) is 0 Å². The SMILES string of the molecule is CN(CC(=O)N(C)C)Cc1ccn2ncnc(Nc3ccc4c(cnn4Cc4cccc(F)c4)c3)c12. The van der Waals surface area contributed by atoms with Crippen LogP contribution in [0.15, 0.2) is 67.3 Å². The number of benzene rings is 2. The molecule has 36 heavy (non-hydrogen) atoms. The van der Waals surface area contributed by atoms with Crippen LogP contribution in [0.1, 0.15) is 11.1 Å². The topological polar surface area (TPSA) is 83.6 Å². The van der Waals surface area contributed by atoms with Crippen molar-refractivity contribution in [2.45, 2.75) is 13.1 Å². The van der Waals surface area contributed by atoms with Crippen molar-refractivity contribution in [2.75, 3.05) is 33.0 Å². The first kappa shape index (κ1) is 23.4. The van der Waals surface area contributed by atoms with E-state index in [0.29, 0.717) is 25.5 Å². The van der Waals surface area contributed by atoms with E-state index >= 15 is 0 Å². The molecule has 0 aliphatic carbocycles. The molecule has 5 aromatic rings. The number of hydrogen-bond acceptors (Lipinski definition) is 6. The molecule has 3 aromatic heterocycles. The van der Waals surface area contributed by atoms with Gasteiger partial charge in [-0.15, -0.1) is 0 Å². The zero-order chi connectivity index (χ0) is 25.2. The summed E-state index contributed by atoms with van der Waals surface area (Å²) in [4.78, 5) is 20.1. The molecule has 2 aromatic carbocycles. The maximum atomic E-state index is 13.6. The number of nitrogens with zero attached hydrogens (tertiary/aromatic N) is 7. The van der Waals surface area contributed by atoms with Crippen molar-refractivity contribution in [1.82, 2.24) is 34.2 Å². The molecule has 0 radical (unpaired) electrons. The summed E-state index contributed by atoms with van der Waals surface area (Å²) in [6.07, 6.45) is 5.20. The quantitative estimate of drug-likeness (QED) is 0.361. The van der Waals surface area contributed by atoms with Crippen LogP contribution in [0.2, 0.25) is 0 Å². The second-order valence-electron chi connectivity index (χ2n) is 9.03. The van der Waals surface area contributed by atoms with Gasteiger partial charge in [0.1, 0.15) is 17.7 Å². The lowest BCUT2D eigenvalue weighted by Gasteiger charge is -2.19. The van der Waals surface area contributed by atoms with Crippen molar-refractivity contribution >= 4 is 33.8 Å². The maximum absolute atomic E-state index is 13.6. The number of likely N-dealkylation sites (N-methyl/N-ethyl adjacent to an activating group) is 2. The van der Waals surface area contributed by atoms with E-state index in [-0.39, 0.29) is 11.7 Å². The van der Waals surface area contributed by atoms with Crippen LogP contribution >= 0.6 is 0 Å². The van der Waals surface area contributed by atoms with Crippen LogP contribution < -0.4 is 5.32 Å². The Kier molecular flexibility index (Phi) is 6.34. The van der Waals surface area contributed by atoms with Crippen molar-refractivity contribution in [3.05, 3.63) is 84.2 Å². The standard InChI is InChI=1S/C26H27FN8O/c1-32(2)24(36)16-33(3)15-19-9-10-34-25(19)26(28-17-30-34)31-22-7-8-23-20(12-22)13-29-35(23)14-18-5-4-6-21(27)11-18/h4-13,17H,14-16H2,1-3H3,(H,28,30,31). The highest BCUT2D eigenvalue weighted by atomic mass is 19.1. The number of hydrogen-bond donors (Lipinski definition) is 1. The number of amides is 1. The van der Waals surface area contributed by atoms with Gasteiger partial charge in [0.15, 0.2) is 5.82 Å². The van der Waals surface area contributed by atoms with Crippen LogP contribution in [-0.2, 0) is 17.9 Å². The summed E-state index contributed by atoms with van der Waals surface area (Å²) in [7, 11) is 5.42. The number of carbonyl (C=O) groups is 1. The molecule has 9 nitrogen and oxygen atoms in total. The van der Waals surface area contributed by atoms with Crippen LogP contribution in [0.5, 0.6) is 0 Å². The van der Waals surface area contributed by atoms with Gasteiger partial charge in [0, 0.05) is 37.9 Å². The average molecular weight is 487 g/mol. The van der Waals surface area contributed by atoms with Gasteiger partial charge < -0.3 is 10.2 Å². The molecule has 0 fully saturated rings. The molecule has 0 unspecified atom stereocenters. The minimum Gasteiger partial charge on any atom is -0.348 e. The molecule has 0 spiro atoms. The molecule has 1 N–H and O–H groups in total. The third-order valence-electron chi connectivity index (χ3n) is 6.01. The minimum absolute atomic E-state index is 0.0434. The molecule has 1 amide bonds. The second kappa shape index (κ2) is 9.74. The summed E-state index contributed by atoms with van der Waals surface area (Å²) in [5.41, 5.74) is 4.52. The molecule has 0 bridgehead atoms. The minimum atomic E-state index is -0.258. The van der Waals surface area contributed by atoms with Crippen molar-refractivity contribution in [3.63, 3.8) is 0 Å². The molecular weight excluding hydrogens is 459 g/mol. The average Bonchev–Trinajstić information content (AvgIpc) is 3.43. The van der Waals surface area contributed by atoms with Gasteiger partial charge in [-0.3, -0.25) is 14.4 Å². The van der Waals surface area contributed by atoms with E-state index in [1.54, 1.807) is 35.8 Å². The van der Waals surface area contributed by atoms with E-state index in [4.69, 9.17) is 0 Å². The number of halogens is 1. The Labute approximate surface area is 207 Å². The van der Waals surface area contributed by atoms with E-state index in [9.17, 15) is 9.18 Å². The predicted octanol–water partition coefficient (Wildman–Crippen LogP) is 3.53. The number of fused-ring (bicyclic) bond motifs is 2. The number of anilines is 2. The fourth-order valence-electron chi connectivity index (χ4n) is 4.19. The third-order valence-corrected chi connectivity index (χ3v) is 6.01. The number of carbonyl (C=O) groups excluding carboxylic acids is 1. The van der Waals surface area contributed by atoms with Gasteiger partial charge in [0.05, 0.1) is 24.8 Å². The van der Waals surface area contributed by atoms with Crippen LogP contribution in [0.25, 0.3) is 16.4 Å². The van der Waals surface area contributed by atoms with E-state index in [2.05, 4.69) is 20.5 Å². The van der Waals surface area contributed by atoms with E-state index in [1.165, 1.54) is 18.5 Å². The van der Waals surface area contributed by atoms with Crippen LogP contribution in [0.4, 0.5) is 15.9 Å². The summed E-state index contributed by atoms with van der Waals surface area (Å²) in [5.74, 6) is 0.456. The Hall–Kier alpha value is -4.31. The first-order chi connectivity index (χ1) is 17.4. The Balaban J connectivity index is 1.38. The Morgan fingerprint density at radius 1 is 1.08 bits per heavy atom. The van der Waals surface area contributed by atoms with Crippen LogP contribution in [-0.4, -0.2) is 67.8 Å². The van der Waals surface area contributed by atoms with E-state index < -0.39 is 0 Å². The molecule has 184 valence electrons. The zero-order valence-corrected chi connectivity index (χ0v) is 20.4. The van der Waals surface area contributed by atoms with Crippen LogP contribution in [0, 0.1) is 5.82 Å². The predicted molar refractivity (Wildman–Crippen MR) is 137 cm³/mol. The lowest BCUT2D eigenvalue weighted by atomic mass is 10.2. The Bertz CT molecular complexity index is 1540. The molecule has 5 rings (SSSR count). The molecule has 0 saturated carbocycles. The fourth-order valence-corrected chi connectivity index (χ4v) is 4.19. The van der Waals surface area contributed by atoms with Crippen LogP contribution in [0.3, 0.4) is 0 Å². The second-order valence-corrected chi connectivity index (χ2v) is 9.03. The number of aromatic nitrogens is 5. The first-order valence-corrected chi connectivity index (χ1v) is 11.5. The third kappa shape index (κ3) is 4.89. The van der Waals surface area contributed by atoms with Gasteiger partial charge in [-0.2, -0.15) is 10.2 Å². The Morgan fingerprint density at radius 2 is 1.94 bits per heavy atom. The highest BCUT2D eigenvalue weighted by Gasteiger charge is 2.15. The summed E-state index contributed by atoms with van der Waals surface area (Å²) in [6.45, 7) is 1.37. The smallest absolute Gasteiger partial charge is 0.236 e. The van der Waals surface area contributed by atoms with Crippen molar-refractivity contribution in [2.24, 2.45) is 0 Å². The number of nitrogens with one attached hydrogen (secondary N) is 1. The summed E-state index contributed by atoms with van der Waals surface area (Å²) in [6, 6.07) is 14.5. The monoisotopic (exact) mass is 486 g/mol. The lowest BCUT2D eigenvalue weighted by molar-refractivity contribution is -0.129. The van der Waals surface area contributed by atoms with Gasteiger partial charge in [-0.1, -0.05) is 12.1 Å². The molecule has 0 atom stereocenters. The van der Waals surface area contributed by atoms with Gasteiger partial charge in [-0.25, -0.2) is 13.9 Å². The lowest BCUT2D eigenvalue weighted by Crippen LogP contribution is -2.34. The van der Waals surface area contributed by atoms with Crippen molar-refractivity contribution < 1.29 is 9.18 Å². The fraction of sp³-hybridized carbons (Fsp3) is 0.231. The largest absolute Gasteiger partial charge is 0.348 e. The molecule has 0 aliphatic heterocycles. The maximum Gasteiger partial charge on any atom is 0.236 e. The van der Waals surface area contributed by atoms with Crippen molar-refractivity contribution in [1.29, 1.82) is 0 Å². The highest BCUT2D eigenvalue weighted by molar-refractivity contribution is 5.85. The summed E-state index contributed by atoms with van der Waals surface area (Å²) < 4.78 is 17.2. The molecule has 3 heterocycles. The van der Waals surface area contributed by atoms with Gasteiger partial charge >= 0.3 is 0 Å². The van der Waals surface area contributed by atoms with Crippen molar-refractivity contribution in [3.8, 4) is 0 Å². The zero-order valence-electron chi connectivity index (χ0n) is 20.4. The molecular formula is C26H27FN8O. The van der Waals surface area contributed by atoms with E-state index in [1.807, 2.05) is 53.2 Å². The highest BCUT2D eigenvalue weighted by Crippen LogP contribution is 2.26. The van der Waals surface area contributed by atoms with Gasteiger partial charge in [-0.05, 0) is 54.6 Å². The molecule has 0 saturated heterocycles. The summed E-state index contributed by atoms with van der Waals surface area (Å²) in [5, 5.41) is 13.2. The van der Waals surface area contributed by atoms with E-state index in [0.717, 1.165) is 33.2 Å². The Morgan fingerprint density at radius 3 is 2.75 bits per heavy atom. The normalized spacial score (nSPS) is 11.5. The molecule has 10 heteroatoms. The molecule has 0 aliphatic rings. The first-order valence-electron chi connectivity index (χ1n) is 11.5.